The van der Waals surface area contributed by atoms with Gasteiger partial charge in [-0.1, -0.05) is 0 Å². The number of carboxylic acids is 1. The number of carboxylic acid groups (broad SMARTS) is 1. The third kappa shape index (κ3) is 4.14. The highest BCUT2D eigenvalue weighted by atomic mass is 32.2. The summed E-state index contributed by atoms with van der Waals surface area (Å²) in [5.74, 6) is -0.275. The molecule has 0 saturated heterocycles. The summed E-state index contributed by atoms with van der Waals surface area (Å²) in [4.78, 5) is 14.9. The summed E-state index contributed by atoms with van der Waals surface area (Å²) in [6.45, 7) is 0. The Labute approximate surface area is 82.1 Å². The van der Waals surface area contributed by atoms with Crippen molar-refractivity contribution in [2.75, 3.05) is 5.75 Å². The Morgan fingerprint density at radius 1 is 1.69 bits per heavy atom. The fourth-order valence-corrected chi connectivity index (χ4v) is 2.73. The first kappa shape index (κ1) is 10.3. The van der Waals surface area contributed by atoms with Crippen molar-refractivity contribution in [3.05, 3.63) is 16.6 Å². The van der Waals surface area contributed by atoms with Crippen LogP contribution in [0.2, 0.25) is 0 Å². The average molecular weight is 219 g/mol. The van der Waals surface area contributed by atoms with Crippen molar-refractivity contribution in [2.24, 2.45) is 0 Å². The molecule has 72 valence electrons. The van der Waals surface area contributed by atoms with Gasteiger partial charge in [0.25, 0.3) is 0 Å². The van der Waals surface area contributed by atoms with Crippen molar-refractivity contribution in [1.82, 2.24) is 4.98 Å². The molecule has 0 amide bonds. The molecule has 1 rings (SSSR count). The molecule has 0 aliphatic carbocycles. The number of aliphatic carboxylic acids is 1. The fourth-order valence-electron chi connectivity index (χ4n) is 0.745. The Bertz CT molecular complexity index is 297. The minimum atomic E-state index is -1.08. The summed E-state index contributed by atoms with van der Waals surface area (Å²) in [6, 6.07) is 0. The Hall–Kier alpha value is -0.750. The number of carbonyl (C=O) groups is 1. The van der Waals surface area contributed by atoms with Gasteiger partial charge in [-0.25, -0.2) is 0 Å². The first-order chi connectivity index (χ1) is 6.18. The molecule has 13 heavy (non-hydrogen) atoms. The van der Waals surface area contributed by atoms with Crippen LogP contribution in [0.25, 0.3) is 0 Å². The van der Waals surface area contributed by atoms with Crippen LogP contribution in [0.4, 0.5) is 0 Å². The molecule has 0 aliphatic heterocycles. The maximum atomic E-state index is 11.2. The molecule has 0 aliphatic rings. The molecule has 1 aromatic rings. The maximum Gasteiger partial charge on any atom is 0.304 e. The molecule has 1 N–H and O–H groups in total. The predicted octanol–water partition coefficient (Wildman–Crippen LogP) is 0.867. The first-order valence-electron chi connectivity index (χ1n) is 3.62. The van der Waals surface area contributed by atoms with Gasteiger partial charge in [0.2, 0.25) is 0 Å². The highest BCUT2D eigenvalue weighted by Crippen LogP contribution is 2.08. The van der Waals surface area contributed by atoms with Gasteiger partial charge < -0.3 is 5.11 Å². The molecule has 0 aromatic carbocycles. The summed E-state index contributed by atoms with van der Waals surface area (Å²) < 4.78 is 11.2. The second kappa shape index (κ2) is 5.08. The summed E-state index contributed by atoms with van der Waals surface area (Å²) in [6.07, 6.45) is 1.62. The van der Waals surface area contributed by atoms with E-state index in [1.165, 1.54) is 11.3 Å². The lowest BCUT2D eigenvalue weighted by Crippen LogP contribution is -2.05. The second-order valence-electron chi connectivity index (χ2n) is 2.40. The maximum absolute atomic E-state index is 11.2. The van der Waals surface area contributed by atoms with E-state index in [0.717, 1.165) is 4.88 Å². The van der Waals surface area contributed by atoms with Crippen molar-refractivity contribution in [2.45, 2.75) is 12.2 Å². The zero-order valence-electron chi connectivity index (χ0n) is 6.80. The molecular formula is C7H9NO3S2. The molecule has 0 bridgehead atoms. The number of aromatic nitrogens is 1. The minimum Gasteiger partial charge on any atom is -0.481 e. The molecule has 4 nitrogen and oxygen atoms in total. The average Bonchev–Trinajstić information content (AvgIpc) is 2.53. The van der Waals surface area contributed by atoms with E-state index < -0.39 is 16.8 Å². The largest absolute Gasteiger partial charge is 0.481 e. The third-order valence-electron chi connectivity index (χ3n) is 1.33. The van der Waals surface area contributed by atoms with Crippen LogP contribution in [0.3, 0.4) is 0 Å². The quantitative estimate of drug-likeness (QED) is 0.797. The predicted molar refractivity (Wildman–Crippen MR) is 51.1 cm³/mol. The zero-order chi connectivity index (χ0) is 9.68. The summed E-state index contributed by atoms with van der Waals surface area (Å²) >= 11 is 1.43. The van der Waals surface area contributed by atoms with Crippen molar-refractivity contribution >= 4 is 28.1 Å². The van der Waals surface area contributed by atoms with Gasteiger partial charge in [0.1, 0.15) is 0 Å². The molecule has 0 spiro atoms. The lowest BCUT2D eigenvalue weighted by molar-refractivity contribution is -0.136. The summed E-state index contributed by atoms with van der Waals surface area (Å²) in [5, 5.41) is 8.34. The molecule has 0 saturated carbocycles. The lowest BCUT2D eigenvalue weighted by Gasteiger charge is -1.96. The van der Waals surface area contributed by atoms with Crippen molar-refractivity contribution in [3.8, 4) is 0 Å². The fraction of sp³-hybridized carbons (Fsp3) is 0.429. The van der Waals surface area contributed by atoms with Crippen molar-refractivity contribution in [3.63, 3.8) is 0 Å². The monoisotopic (exact) mass is 219 g/mol. The van der Waals surface area contributed by atoms with Crippen LogP contribution in [0.15, 0.2) is 11.7 Å². The van der Waals surface area contributed by atoms with E-state index in [4.69, 9.17) is 5.11 Å². The summed E-state index contributed by atoms with van der Waals surface area (Å²) in [5.41, 5.74) is 1.67. The van der Waals surface area contributed by atoms with Crippen LogP contribution < -0.4 is 0 Å². The van der Waals surface area contributed by atoms with Gasteiger partial charge in [-0.05, 0) is 0 Å². The molecule has 1 aromatic heterocycles. The van der Waals surface area contributed by atoms with E-state index in [-0.39, 0.29) is 12.2 Å². The highest BCUT2D eigenvalue weighted by Gasteiger charge is 2.05. The topological polar surface area (TPSA) is 67.3 Å². The van der Waals surface area contributed by atoms with E-state index >= 15 is 0 Å². The van der Waals surface area contributed by atoms with E-state index in [2.05, 4.69) is 4.98 Å². The van der Waals surface area contributed by atoms with Crippen LogP contribution in [0.5, 0.6) is 0 Å². The number of hydrogen-bond donors (Lipinski definition) is 1. The van der Waals surface area contributed by atoms with E-state index in [1.54, 1.807) is 11.7 Å². The SMILES string of the molecule is O=C(O)CCS(=O)Cc1cncs1. The Kier molecular flexibility index (Phi) is 4.04. The van der Waals surface area contributed by atoms with Crippen molar-refractivity contribution < 1.29 is 14.1 Å². The molecule has 0 fully saturated rings. The number of thiazole rings is 1. The van der Waals surface area contributed by atoms with Crippen molar-refractivity contribution in [1.29, 1.82) is 0 Å². The normalized spacial score (nSPS) is 12.6. The van der Waals surface area contributed by atoms with Gasteiger partial charge in [0, 0.05) is 27.6 Å². The van der Waals surface area contributed by atoms with Gasteiger partial charge in [-0.2, -0.15) is 0 Å². The number of nitrogens with zero attached hydrogens (tertiary/aromatic N) is 1. The van der Waals surface area contributed by atoms with Gasteiger partial charge in [-0.15, -0.1) is 11.3 Å². The van der Waals surface area contributed by atoms with Gasteiger partial charge in [0.15, 0.2) is 0 Å². The van der Waals surface area contributed by atoms with E-state index in [0.29, 0.717) is 5.75 Å². The smallest absolute Gasteiger partial charge is 0.304 e. The van der Waals surface area contributed by atoms with Gasteiger partial charge in [0.05, 0.1) is 17.7 Å². The van der Waals surface area contributed by atoms with Crippen LogP contribution in [-0.2, 0) is 21.3 Å². The van der Waals surface area contributed by atoms with Crippen LogP contribution in [0, 0.1) is 0 Å². The third-order valence-corrected chi connectivity index (χ3v) is 3.59. The first-order valence-corrected chi connectivity index (χ1v) is 5.99. The molecule has 6 heteroatoms. The van der Waals surface area contributed by atoms with Crippen LogP contribution in [-0.4, -0.2) is 26.0 Å². The Balaban J connectivity index is 2.30. The van der Waals surface area contributed by atoms with E-state index in [9.17, 15) is 9.00 Å². The van der Waals surface area contributed by atoms with Crippen LogP contribution >= 0.6 is 11.3 Å². The lowest BCUT2D eigenvalue weighted by atomic mass is 10.5. The number of hydrogen-bond acceptors (Lipinski definition) is 4. The Morgan fingerprint density at radius 2 is 2.46 bits per heavy atom. The highest BCUT2D eigenvalue weighted by molar-refractivity contribution is 7.84. The molecule has 1 heterocycles. The minimum absolute atomic E-state index is 0.0363. The van der Waals surface area contributed by atoms with Gasteiger partial charge >= 0.3 is 5.97 Å². The number of rotatable bonds is 5. The molecule has 1 unspecified atom stereocenters. The second-order valence-corrected chi connectivity index (χ2v) is 4.95. The van der Waals surface area contributed by atoms with E-state index in [1.807, 2.05) is 0 Å². The molecular weight excluding hydrogens is 210 g/mol. The standard InChI is InChI=1S/C7H9NO3S2/c9-7(10)1-2-13(11)4-6-3-8-5-12-6/h3,5H,1-2,4H2,(H,9,10). The van der Waals surface area contributed by atoms with Crippen LogP contribution in [0.1, 0.15) is 11.3 Å². The molecule has 0 radical (unpaired) electrons. The van der Waals surface area contributed by atoms with Gasteiger partial charge in [-0.3, -0.25) is 14.0 Å². The Morgan fingerprint density at radius 3 is 3.00 bits per heavy atom. The summed E-state index contributed by atoms with van der Waals surface area (Å²) in [7, 11) is -1.08. The molecule has 1 atom stereocenters. The zero-order valence-corrected chi connectivity index (χ0v) is 8.44.